The molecule has 2 atom stereocenters. The fraction of sp³-hybridized carbons (Fsp3) is 0.900. The van der Waals surface area contributed by atoms with Crippen LogP contribution in [0.5, 0.6) is 0 Å². The number of ether oxygens (including phenoxy) is 1. The van der Waals surface area contributed by atoms with Gasteiger partial charge in [0.15, 0.2) is 0 Å². The van der Waals surface area contributed by atoms with Crippen molar-refractivity contribution in [2.24, 2.45) is 11.7 Å². The highest BCUT2D eigenvalue weighted by Crippen LogP contribution is 2.16. The van der Waals surface area contributed by atoms with Crippen molar-refractivity contribution in [1.82, 2.24) is 4.90 Å². The Balaban J connectivity index is 2.43. The SMILES string of the molecule is COC[C@@H]1CCCN(C(=O)[C@H](C)N)C1. The lowest BCUT2D eigenvalue weighted by Crippen LogP contribution is -2.47. The number of methoxy groups -OCH3 is 1. The maximum Gasteiger partial charge on any atom is 0.239 e. The molecule has 1 aliphatic heterocycles. The Hall–Kier alpha value is -0.610. The first-order valence-corrected chi connectivity index (χ1v) is 5.18. The van der Waals surface area contributed by atoms with Crippen LogP contribution in [-0.2, 0) is 9.53 Å². The lowest BCUT2D eigenvalue weighted by atomic mass is 9.98. The second-order valence-corrected chi connectivity index (χ2v) is 4.04. The van der Waals surface area contributed by atoms with Crippen LogP contribution < -0.4 is 5.73 Å². The van der Waals surface area contributed by atoms with Gasteiger partial charge in [-0.2, -0.15) is 0 Å². The summed E-state index contributed by atoms with van der Waals surface area (Å²) in [4.78, 5) is 13.5. The predicted molar refractivity (Wildman–Crippen MR) is 54.8 cm³/mol. The van der Waals surface area contributed by atoms with Gasteiger partial charge in [0.25, 0.3) is 0 Å². The normalized spacial score (nSPS) is 24.8. The van der Waals surface area contributed by atoms with Crippen LogP contribution in [0.2, 0.25) is 0 Å². The molecule has 14 heavy (non-hydrogen) atoms. The number of nitrogens with zero attached hydrogens (tertiary/aromatic N) is 1. The van der Waals surface area contributed by atoms with Crippen LogP contribution in [0.25, 0.3) is 0 Å². The number of nitrogens with two attached hydrogens (primary N) is 1. The highest BCUT2D eigenvalue weighted by molar-refractivity contribution is 5.81. The highest BCUT2D eigenvalue weighted by Gasteiger charge is 2.24. The molecular formula is C10H20N2O2. The Morgan fingerprint density at radius 2 is 2.43 bits per heavy atom. The van der Waals surface area contributed by atoms with Crippen LogP contribution in [0.1, 0.15) is 19.8 Å². The van der Waals surface area contributed by atoms with Gasteiger partial charge in [-0.15, -0.1) is 0 Å². The number of rotatable bonds is 3. The van der Waals surface area contributed by atoms with Gasteiger partial charge in [-0.1, -0.05) is 0 Å². The molecule has 4 nitrogen and oxygen atoms in total. The largest absolute Gasteiger partial charge is 0.384 e. The first-order chi connectivity index (χ1) is 6.65. The summed E-state index contributed by atoms with van der Waals surface area (Å²) in [7, 11) is 1.70. The highest BCUT2D eigenvalue weighted by atomic mass is 16.5. The number of hydrogen-bond acceptors (Lipinski definition) is 3. The number of likely N-dealkylation sites (tertiary alicyclic amines) is 1. The van der Waals surface area contributed by atoms with Gasteiger partial charge in [0.05, 0.1) is 12.6 Å². The number of hydrogen-bond donors (Lipinski definition) is 1. The third kappa shape index (κ3) is 2.96. The summed E-state index contributed by atoms with van der Waals surface area (Å²) in [5.74, 6) is 0.544. The van der Waals surface area contributed by atoms with E-state index in [4.69, 9.17) is 10.5 Å². The summed E-state index contributed by atoms with van der Waals surface area (Å²) in [6.07, 6.45) is 2.21. The number of amides is 1. The fourth-order valence-corrected chi connectivity index (χ4v) is 1.92. The van der Waals surface area contributed by atoms with E-state index in [1.807, 2.05) is 4.90 Å². The van der Waals surface area contributed by atoms with Crippen LogP contribution in [0.3, 0.4) is 0 Å². The zero-order chi connectivity index (χ0) is 10.6. The number of piperidine rings is 1. The van der Waals surface area contributed by atoms with E-state index in [9.17, 15) is 4.79 Å². The van der Waals surface area contributed by atoms with Gasteiger partial charge in [-0.3, -0.25) is 4.79 Å². The summed E-state index contributed by atoms with van der Waals surface area (Å²) in [5, 5.41) is 0. The summed E-state index contributed by atoms with van der Waals surface area (Å²) in [6, 6.07) is -0.378. The van der Waals surface area contributed by atoms with Gasteiger partial charge < -0.3 is 15.4 Å². The lowest BCUT2D eigenvalue weighted by Gasteiger charge is -2.33. The van der Waals surface area contributed by atoms with Crippen LogP contribution in [-0.4, -0.2) is 43.7 Å². The Bertz CT molecular complexity index is 193. The lowest BCUT2D eigenvalue weighted by molar-refractivity contribution is -0.134. The number of carbonyl (C=O) groups excluding carboxylic acids is 1. The van der Waals surface area contributed by atoms with Gasteiger partial charge in [0.2, 0.25) is 5.91 Å². The Morgan fingerprint density at radius 1 is 1.71 bits per heavy atom. The molecule has 1 heterocycles. The average Bonchev–Trinajstić information content (AvgIpc) is 2.17. The van der Waals surface area contributed by atoms with E-state index in [0.29, 0.717) is 5.92 Å². The molecule has 0 radical (unpaired) electrons. The van der Waals surface area contributed by atoms with Crippen LogP contribution in [0, 0.1) is 5.92 Å². The van der Waals surface area contributed by atoms with Crippen molar-refractivity contribution in [2.75, 3.05) is 26.8 Å². The fourth-order valence-electron chi connectivity index (χ4n) is 1.92. The second-order valence-electron chi connectivity index (χ2n) is 4.04. The molecule has 1 rings (SSSR count). The molecule has 2 N–H and O–H groups in total. The first-order valence-electron chi connectivity index (χ1n) is 5.18. The zero-order valence-electron chi connectivity index (χ0n) is 9.03. The van der Waals surface area contributed by atoms with Crippen molar-refractivity contribution in [1.29, 1.82) is 0 Å². The summed E-state index contributed by atoms with van der Waals surface area (Å²) in [6.45, 7) is 4.12. The van der Waals surface area contributed by atoms with Crippen molar-refractivity contribution in [2.45, 2.75) is 25.8 Å². The van der Waals surface area contributed by atoms with E-state index in [1.54, 1.807) is 14.0 Å². The van der Waals surface area contributed by atoms with E-state index < -0.39 is 0 Å². The molecule has 1 aliphatic rings. The van der Waals surface area contributed by atoms with Gasteiger partial charge in [0.1, 0.15) is 0 Å². The zero-order valence-corrected chi connectivity index (χ0v) is 9.03. The Morgan fingerprint density at radius 3 is 3.00 bits per heavy atom. The third-order valence-corrected chi connectivity index (χ3v) is 2.62. The third-order valence-electron chi connectivity index (χ3n) is 2.62. The first kappa shape index (κ1) is 11.5. The monoisotopic (exact) mass is 200 g/mol. The van der Waals surface area contributed by atoms with E-state index >= 15 is 0 Å². The molecule has 0 saturated carbocycles. The number of carbonyl (C=O) groups is 1. The second kappa shape index (κ2) is 5.32. The molecule has 1 saturated heterocycles. The quantitative estimate of drug-likeness (QED) is 0.709. The topological polar surface area (TPSA) is 55.6 Å². The minimum absolute atomic E-state index is 0.0609. The standard InChI is InChI=1S/C10H20N2O2/c1-8(11)10(13)12-5-3-4-9(6-12)7-14-2/h8-9H,3-7,11H2,1-2H3/t8-,9+/m0/s1. The van der Waals surface area contributed by atoms with E-state index in [-0.39, 0.29) is 11.9 Å². The van der Waals surface area contributed by atoms with Crippen molar-refractivity contribution >= 4 is 5.91 Å². The molecule has 1 amide bonds. The summed E-state index contributed by atoms with van der Waals surface area (Å²) in [5.41, 5.74) is 5.56. The molecule has 0 unspecified atom stereocenters. The van der Waals surface area contributed by atoms with Gasteiger partial charge >= 0.3 is 0 Å². The van der Waals surface area contributed by atoms with Crippen LogP contribution in [0.15, 0.2) is 0 Å². The van der Waals surface area contributed by atoms with Gasteiger partial charge in [-0.05, 0) is 25.7 Å². The molecule has 1 fully saturated rings. The van der Waals surface area contributed by atoms with E-state index in [2.05, 4.69) is 0 Å². The van der Waals surface area contributed by atoms with Gasteiger partial charge in [0, 0.05) is 20.2 Å². The minimum atomic E-state index is -0.378. The maximum atomic E-state index is 11.6. The molecule has 0 spiro atoms. The molecule has 0 aliphatic carbocycles. The Kier molecular flexibility index (Phi) is 4.35. The Labute approximate surface area is 85.4 Å². The molecule has 0 bridgehead atoms. The molecular weight excluding hydrogens is 180 g/mol. The molecule has 0 aromatic heterocycles. The average molecular weight is 200 g/mol. The van der Waals surface area contributed by atoms with E-state index in [0.717, 1.165) is 32.5 Å². The van der Waals surface area contributed by atoms with E-state index in [1.165, 1.54) is 0 Å². The van der Waals surface area contributed by atoms with Crippen molar-refractivity contribution in [3.05, 3.63) is 0 Å². The predicted octanol–water partition coefficient (Wildman–Crippen LogP) is 0.219. The van der Waals surface area contributed by atoms with Crippen molar-refractivity contribution in [3.63, 3.8) is 0 Å². The molecule has 4 heteroatoms. The summed E-state index contributed by atoms with van der Waals surface area (Å²) >= 11 is 0. The molecule has 0 aromatic carbocycles. The smallest absolute Gasteiger partial charge is 0.239 e. The molecule has 82 valence electrons. The molecule has 0 aromatic rings. The van der Waals surface area contributed by atoms with Crippen molar-refractivity contribution < 1.29 is 9.53 Å². The maximum absolute atomic E-state index is 11.6. The van der Waals surface area contributed by atoms with Crippen molar-refractivity contribution in [3.8, 4) is 0 Å². The van der Waals surface area contributed by atoms with Crippen LogP contribution in [0.4, 0.5) is 0 Å². The minimum Gasteiger partial charge on any atom is -0.384 e. The van der Waals surface area contributed by atoms with Gasteiger partial charge in [-0.25, -0.2) is 0 Å². The van der Waals surface area contributed by atoms with Crippen LogP contribution >= 0.6 is 0 Å². The summed E-state index contributed by atoms with van der Waals surface area (Å²) < 4.78 is 5.10.